The molecule has 0 radical (unpaired) electrons. The van der Waals surface area contributed by atoms with Crippen molar-refractivity contribution in [1.82, 2.24) is 4.98 Å². The summed E-state index contributed by atoms with van der Waals surface area (Å²) in [4.78, 5) is 4.50. The highest BCUT2D eigenvalue weighted by atomic mass is 19.1. The molecule has 3 aromatic rings. The third-order valence-electron chi connectivity index (χ3n) is 2.98. The molecule has 96 valence electrons. The van der Waals surface area contributed by atoms with Crippen LogP contribution in [-0.4, -0.2) is 11.1 Å². The standard InChI is InChI=1S/C16H14FNO/c1-10(2)19-16-14-9-11(17)7-8-12(14)13-5-3-4-6-15(13)18-16/h3-10H,1-2H3. The lowest BCUT2D eigenvalue weighted by Gasteiger charge is -2.13. The number of para-hydroxylation sites is 1. The normalized spacial score (nSPS) is 11.4. The number of fused-ring (bicyclic) bond motifs is 3. The molecule has 0 saturated carbocycles. The average Bonchev–Trinajstić information content (AvgIpc) is 2.38. The second-order valence-electron chi connectivity index (χ2n) is 4.79. The Morgan fingerprint density at radius 2 is 1.79 bits per heavy atom. The Balaban J connectivity index is 2.40. The Morgan fingerprint density at radius 3 is 2.58 bits per heavy atom. The number of halogens is 1. The lowest BCUT2D eigenvalue weighted by atomic mass is 10.1. The fraction of sp³-hybridized carbons (Fsp3) is 0.188. The average molecular weight is 255 g/mol. The molecular formula is C16H14FNO. The van der Waals surface area contributed by atoms with Crippen LogP contribution in [0.1, 0.15) is 13.8 Å². The molecule has 1 aromatic heterocycles. The van der Waals surface area contributed by atoms with Crippen LogP contribution in [0.4, 0.5) is 4.39 Å². The molecule has 0 spiro atoms. The summed E-state index contributed by atoms with van der Waals surface area (Å²) in [5.41, 5.74) is 0.859. The zero-order valence-corrected chi connectivity index (χ0v) is 10.9. The van der Waals surface area contributed by atoms with Gasteiger partial charge in [-0.25, -0.2) is 9.37 Å². The van der Waals surface area contributed by atoms with Gasteiger partial charge >= 0.3 is 0 Å². The van der Waals surface area contributed by atoms with E-state index in [0.717, 1.165) is 16.3 Å². The van der Waals surface area contributed by atoms with Gasteiger partial charge in [-0.05, 0) is 37.4 Å². The maximum Gasteiger partial charge on any atom is 0.222 e. The number of rotatable bonds is 2. The summed E-state index contributed by atoms with van der Waals surface area (Å²) < 4.78 is 19.2. The minimum absolute atomic E-state index is 0.000120. The fourth-order valence-electron chi connectivity index (χ4n) is 2.21. The first-order valence-electron chi connectivity index (χ1n) is 6.30. The first kappa shape index (κ1) is 11.9. The van der Waals surface area contributed by atoms with Gasteiger partial charge in [0.1, 0.15) is 5.82 Å². The number of benzene rings is 2. The minimum atomic E-state index is -0.279. The van der Waals surface area contributed by atoms with Gasteiger partial charge in [-0.3, -0.25) is 0 Å². The number of hydrogen-bond acceptors (Lipinski definition) is 2. The lowest BCUT2D eigenvalue weighted by Crippen LogP contribution is -2.07. The van der Waals surface area contributed by atoms with Crippen molar-refractivity contribution < 1.29 is 9.13 Å². The van der Waals surface area contributed by atoms with Crippen molar-refractivity contribution in [2.75, 3.05) is 0 Å². The molecule has 0 aliphatic heterocycles. The monoisotopic (exact) mass is 255 g/mol. The third-order valence-corrected chi connectivity index (χ3v) is 2.98. The Hall–Kier alpha value is -2.16. The van der Waals surface area contributed by atoms with Gasteiger partial charge in [-0.15, -0.1) is 0 Å². The number of nitrogens with zero attached hydrogens (tertiary/aromatic N) is 1. The zero-order valence-electron chi connectivity index (χ0n) is 10.9. The molecule has 0 unspecified atom stereocenters. The van der Waals surface area contributed by atoms with Crippen LogP contribution in [0.15, 0.2) is 42.5 Å². The van der Waals surface area contributed by atoms with Crippen molar-refractivity contribution in [3.8, 4) is 5.88 Å². The molecule has 2 nitrogen and oxygen atoms in total. The number of pyridine rings is 1. The van der Waals surface area contributed by atoms with E-state index in [0.29, 0.717) is 11.3 Å². The van der Waals surface area contributed by atoms with Gasteiger partial charge in [0.15, 0.2) is 0 Å². The second kappa shape index (κ2) is 4.50. The molecule has 0 bridgehead atoms. The molecule has 0 atom stereocenters. The van der Waals surface area contributed by atoms with Gasteiger partial charge in [0.2, 0.25) is 5.88 Å². The van der Waals surface area contributed by atoms with Gasteiger partial charge in [-0.1, -0.05) is 24.3 Å². The lowest BCUT2D eigenvalue weighted by molar-refractivity contribution is 0.237. The fourth-order valence-corrected chi connectivity index (χ4v) is 2.21. The van der Waals surface area contributed by atoms with Crippen LogP contribution in [0.3, 0.4) is 0 Å². The molecule has 0 fully saturated rings. The number of ether oxygens (including phenoxy) is 1. The topological polar surface area (TPSA) is 22.1 Å². The summed E-state index contributed by atoms with van der Waals surface area (Å²) in [6.07, 6.45) is 0.000120. The van der Waals surface area contributed by atoms with Crippen molar-refractivity contribution in [1.29, 1.82) is 0 Å². The summed E-state index contributed by atoms with van der Waals surface area (Å²) in [5, 5.41) is 2.68. The minimum Gasteiger partial charge on any atom is -0.474 e. The summed E-state index contributed by atoms with van der Waals surface area (Å²) in [6, 6.07) is 12.5. The van der Waals surface area contributed by atoms with E-state index in [9.17, 15) is 4.39 Å². The molecular weight excluding hydrogens is 241 g/mol. The van der Waals surface area contributed by atoms with Crippen LogP contribution in [0.5, 0.6) is 5.88 Å². The van der Waals surface area contributed by atoms with E-state index in [1.165, 1.54) is 12.1 Å². The van der Waals surface area contributed by atoms with E-state index in [4.69, 9.17) is 4.74 Å². The molecule has 0 N–H and O–H groups in total. The van der Waals surface area contributed by atoms with Crippen molar-refractivity contribution in [3.05, 3.63) is 48.3 Å². The predicted molar refractivity (Wildman–Crippen MR) is 75.0 cm³/mol. The van der Waals surface area contributed by atoms with Crippen molar-refractivity contribution in [2.45, 2.75) is 20.0 Å². The van der Waals surface area contributed by atoms with E-state index in [-0.39, 0.29) is 11.9 Å². The molecule has 1 heterocycles. The molecule has 19 heavy (non-hydrogen) atoms. The summed E-state index contributed by atoms with van der Waals surface area (Å²) in [5.74, 6) is 0.210. The van der Waals surface area contributed by atoms with Gasteiger partial charge in [0, 0.05) is 10.8 Å². The van der Waals surface area contributed by atoms with Crippen LogP contribution < -0.4 is 4.74 Å². The Labute approximate surface area is 110 Å². The molecule has 0 amide bonds. The molecule has 0 aliphatic rings. The van der Waals surface area contributed by atoms with E-state index in [1.807, 2.05) is 38.1 Å². The highest BCUT2D eigenvalue weighted by molar-refractivity contribution is 6.07. The van der Waals surface area contributed by atoms with Crippen LogP contribution in [0, 0.1) is 5.82 Å². The van der Waals surface area contributed by atoms with E-state index >= 15 is 0 Å². The summed E-state index contributed by atoms with van der Waals surface area (Å²) in [7, 11) is 0. The zero-order chi connectivity index (χ0) is 13.4. The van der Waals surface area contributed by atoms with Crippen LogP contribution in [0.25, 0.3) is 21.7 Å². The first-order chi connectivity index (χ1) is 9.15. The predicted octanol–water partition coefficient (Wildman–Crippen LogP) is 4.31. The van der Waals surface area contributed by atoms with Crippen molar-refractivity contribution >= 4 is 21.7 Å². The maximum atomic E-state index is 13.5. The van der Waals surface area contributed by atoms with Crippen LogP contribution in [-0.2, 0) is 0 Å². The SMILES string of the molecule is CC(C)Oc1nc2ccccc2c2ccc(F)cc12. The van der Waals surface area contributed by atoms with Crippen LogP contribution >= 0.6 is 0 Å². The number of hydrogen-bond donors (Lipinski definition) is 0. The Morgan fingerprint density at radius 1 is 1.00 bits per heavy atom. The van der Waals surface area contributed by atoms with Crippen molar-refractivity contribution in [3.63, 3.8) is 0 Å². The van der Waals surface area contributed by atoms with Gasteiger partial charge in [-0.2, -0.15) is 0 Å². The Kier molecular flexibility index (Phi) is 2.82. The summed E-state index contributed by atoms with van der Waals surface area (Å²) >= 11 is 0. The molecule has 2 aromatic carbocycles. The van der Waals surface area contributed by atoms with E-state index < -0.39 is 0 Å². The Bertz CT molecular complexity index is 752. The summed E-state index contributed by atoms with van der Waals surface area (Å²) in [6.45, 7) is 3.87. The van der Waals surface area contributed by atoms with Gasteiger partial charge < -0.3 is 4.74 Å². The van der Waals surface area contributed by atoms with Crippen molar-refractivity contribution in [2.24, 2.45) is 0 Å². The number of aromatic nitrogens is 1. The second-order valence-corrected chi connectivity index (χ2v) is 4.79. The highest BCUT2D eigenvalue weighted by Gasteiger charge is 2.11. The largest absolute Gasteiger partial charge is 0.474 e. The third kappa shape index (κ3) is 2.12. The first-order valence-corrected chi connectivity index (χ1v) is 6.30. The smallest absolute Gasteiger partial charge is 0.222 e. The molecule has 0 saturated heterocycles. The van der Waals surface area contributed by atoms with Gasteiger partial charge in [0.25, 0.3) is 0 Å². The van der Waals surface area contributed by atoms with Crippen LogP contribution in [0.2, 0.25) is 0 Å². The molecule has 0 aliphatic carbocycles. The van der Waals surface area contributed by atoms with E-state index in [2.05, 4.69) is 4.98 Å². The van der Waals surface area contributed by atoms with E-state index in [1.54, 1.807) is 6.07 Å². The molecule has 3 heteroatoms. The molecule has 3 rings (SSSR count). The quantitative estimate of drug-likeness (QED) is 0.636. The maximum absolute atomic E-state index is 13.5. The highest BCUT2D eigenvalue weighted by Crippen LogP contribution is 2.31. The van der Waals surface area contributed by atoms with Gasteiger partial charge in [0.05, 0.1) is 11.6 Å².